The quantitative estimate of drug-likeness (QED) is 0.660. The van der Waals surface area contributed by atoms with Crippen LogP contribution in [0, 0.1) is 0 Å². The summed E-state index contributed by atoms with van der Waals surface area (Å²) in [4.78, 5) is 4.88. The summed E-state index contributed by atoms with van der Waals surface area (Å²) in [5.74, 6) is 1.40. The number of benzene rings is 2. The summed E-state index contributed by atoms with van der Waals surface area (Å²) >= 11 is 0. The van der Waals surface area contributed by atoms with E-state index in [1.165, 1.54) is 11.1 Å². The summed E-state index contributed by atoms with van der Waals surface area (Å²) in [5, 5.41) is 4.54. The van der Waals surface area contributed by atoms with Gasteiger partial charge in [-0.15, -0.1) is 0 Å². The molecule has 0 spiro atoms. The first-order chi connectivity index (χ1) is 13.6. The van der Waals surface area contributed by atoms with Crippen LogP contribution >= 0.6 is 0 Å². The van der Waals surface area contributed by atoms with Crippen molar-refractivity contribution in [3.8, 4) is 11.4 Å². The molecule has 0 bridgehead atoms. The van der Waals surface area contributed by atoms with Crippen LogP contribution in [0.15, 0.2) is 67.0 Å². The van der Waals surface area contributed by atoms with Gasteiger partial charge >= 0.3 is 0 Å². The van der Waals surface area contributed by atoms with Crippen molar-refractivity contribution in [2.75, 3.05) is 34.3 Å². The smallest absolute Gasteiger partial charge is 0.118 e. The molecule has 2 heterocycles. The first kappa shape index (κ1) is 18.7. The van der Waals surface area contributed by atoms with Gasteiger partial charge in [0.25, 0.3) is 0 Å². The Morgan fingerprint density at radius 1 is 1.04 bits per heavy atom. The van der Waals surface area contributed by atoms with Gasteiger partial charge in [0.05, 0.1) is 19.0 Å². The van der Waals surface area contributed by atoms with Crippen molar-refractivity contribution in [3.63, 3.8) is 0 Å². The fourth-order valence-corrected chi connectivity index (χ4v) is 4.12. The highest BCUT2D eigenvalue weighted by Gasteiger charge is 2.35. The molecule has 1 aliphatic heterocycles. The van der Waals surface area contributed by atoms with Crippen LogP contribution < -0.4 is 4.74 Å². The number of hydrogen-bond donors (Lipinski definition) is 0. The molecule has 0 aliphatic carbocycles. The number of aromatic nitrogens is 2. The van der Waals surface area contributed by atoms with Crippen molar-refractivity contribution in [1.82, 2.24) is 19.6 Å². The van der Waals surface area contributed by atoms with Gasteiger partial charge in [0, 0.05) is 43.4 Å². The van der Waals surface area contributed by atoms with E-state index in [0.29, 0.717) is 12.0 Å². The zero-order chi connectivity index (χ0) is 19.5. The van der Waals surface area contributed by atoms with E-state index >= 15 is 0 Å². The van der Waals surface area contributed by atoms with Crippen LogP contribution in [-0.2, 0) is 6.54 Å². The largest absolute Gasteiger partial charge is 0.497 e. The Labute approximate surface area is 167 Å². The molecule has 5 heteroatoms. The lowest BCUT2D eigenvalue weighted by molar-refractivity contribution is 0.259. The molecule has 1 fully saturated rings. The number of ether oxygens (including phenoxy) is 1. The Hall–Kier alpha value is -2.63. The number of nitrogens with zero attached hydrogens (tertiary/aromatic N) is 4. The third-order valence-corrected chi connectivity index (χ3v) is 5.63. The van der Waals surface area contributed by atoms with Crippen molar-refractivity contribution in [1.29, 1.82) is 0 Å². The fraction of sp³-hybridized carbons (Fsp3) is 0.348. The Morgan fingerprint density at radius 2 is 1.79 bits per heavy atom. The van der Waals surface area contributed by atoms with Gasteiger partial charge in [-0.25, -0.2) is 4.68 Å². The second kappa shape index (κ2) is 8.17. The van der Waals surface area contributed by atoms with E-state index < -0.39 is 0 Å². The zero-order valence-electron chi connectivity index (χ0n) is 16.8. The second-order valence-electron chi connectivity index (χ2n) is 7.73. The van der Waals surface area contributed by atoms with Crippen LogP contribution in [0.2, 0.25) is 0 Å². The molecule has 146 valence electrons. The molecule has 0 N–H and O–H groups in total. The predicted molar refractivity (Wildman–Crippen MR) is 112 cm³/mol. The van der Waals surface area contributed by atoms with Gasteiger partial charge in [0.2, 0.25) is 0 Å². The number of hydrogen-bond acceptors (Lipinski definition) is 4. The minimum Gasteiger partial charge on any atom is -0.497 e. The first-order valence-electron chi connectivity index (χ1n) is 9.76. The summed E-state index contributed by atoms with van der Waals surface area (Å²) in [5.41, 5.74) is 3.72. The second-order valence-corrected chi connectivity index (χ2v) is 7.73. The number of rotatable bonds is 6. The van der Waals surface area contributed by atoms with E-state index in [1.807, 2.05) is 29.1 Å². The number of likely N-dealkylation sites (N-methyl/N-ethyl adjacent to an activating group) is 1. The molecule has 0 radical (unpaired) electrons. The Balaban J connectivity index is 1.48. The van der Waals surface area contributed by atoms with Crippen molar-refractivity contribution in [3.05, 3.63) is 78.1 Å². The minimum atomic E-state index is 0.491. The zero-order valence-corrected chi connectivity index (χ0v) is 16.8. The van der Waals surface area contributed by atoms with Crippen LogP contribution in [0.3, 0.4) is 0 Å². The molecule has 1 aliphatic rings. The maximum atomic E-state index is 5.31. The van der Waals surface area contributed by atoms with Crippen LogP contribution in [0.25, 0.3) is 5.69 Å². The topological polar surface area (TPSA) is 33.5 Å². The fourth-order valence-electron chi connectivity index (χ4n) is 4.12. The summed E-state index contributed by atoms with van der Waals surface area (Å²) in [6, 6.07) is 19.3. The predicted octanol–water partition coefficient (Wildman–Crippen LogP) is 3.41. The SMILES string of the molecule is COc1ccc(C2CN(Cc3cnn(-c4ccccc4)c3)CC2N(C)C)cc1. The van der Waals surface area contributed by atoms with Gasteiger partial charge in [-0.2, -0.15) is 5.10 Å². The number of methoxy groups -OCH3 is 1. The molecule has 1 saturated heterocycles. The molecular weight excluding hydrogens is 348 g/mol. The third kappa shape index (κ3) is 3.96. The van der Waals surface area contributed by atoms with E-state index in [4.69, 9.17) is 4.74 Å². The van der Waals surface area contributed by atoms with Crippen LogP contribution in [0.5, 0.6) is 5.75 Å². The molecule has 3 aromatic rings. The van der Waals surface area contributed by atoms with Crippen molar-refractivity contribution < 1.29 is 4.74 Å². The van der Waals surface area contributed by atoms with Crippen molar-refractivity contribution in [2.24, 2.45) is 0 Å². The Bertz CT molecular complexity index is 888. The Morgan fingerprint density at radius 3 is 2.46 bits per heavy atom. The molecule has 1 aromatic heterocycles. The summed E-state index contributed by atoms with van der Waals surface area (Å²) < 4.78 is 7.27. The lowest BCUT2D eigenvalue weighted by Gasteiger charge is -2.25. The standard InChI is InChI=1S/C23H28N4O/c1-25(2)23-17-26(16-22(23)19-9-11-21(28-3)12-10-19)14-18-13-24-27(15-18)20-7-5-4-6-8-20/h4-13,15,22-23H,14,16-17H2,1-3H3. The molecular formula is C23H28N4O. The molecule has 2 aromatic carbocycles. The van der Waals surface area contributed by atoms with Crippen LogP contribution in [-0.4, -0.2) is 59.9 Å². The Kier molecular flexibility index (Phi) is 5.46. The number of para-hydroxylation sites is 1. The van der Waals surface area contributed by atoms with E-state index in [0.717, 1.165) is 31.1 Å². The van der Waals surface area contributed by atoms with Gasteiger partial charge in [0.1, 0.15) is 5.75 Å². The molecule has 5 nitrogen and oxygen atoms in total. The highest BCUT2D eigenvalue weighted by Crippen LogP contribution is 2.32. The van der Waals surface area contributed by atoms with E-state index in [-0.39, 0.29) is 0 Å². The first-order valence-corrected chi connectivity index (χ1v) is 9.76. The average molecular weight is 377 g/mol. The minimum absolute atomic E-state index is 0.491. The van der Waals surface area contributed by atoms with Crippen molar-refractivity contribution in [2.45, 2.75) is 18.5 Å². The third-order valence-electron chi connectivity index (χ3n) is 5.63. The average Bonchev–Trinajstić information content (AvgIpc) is 3.36. The highest BCUT2D eigenvalue weighted by molar-refractivity contribution is 5.32. The molecule has 4 rings (SSSR count). The molecule has 28 heavy (non-hydrogen) atoms. The maximum absolute atomic E-state index is 5.31. The summed E-state index contributed by atoms with van der Waals surface area (Å²) in [7, 11) is 6.07. The van der Waals surface area contributed by atoms with Gasteiger partial charge in [-0.05, 0) is 43.9 Å². The van der Waals surface area contributed by atoms with Gasteiger partial charge < -0.3 is 9.64 Å². The normalized spacial score (nSPS) is 20.0. The molecule has 2 atom stereocenters. The van der Waals surface area contributed by atoms with Crippen LogP contribution in [0.4, 0.5) is 0 Å². The lowest BCUT2D eigenvalue weighted by atomic mass is 9.93. The molecule has 0 amide bonds. The summed E-state index contributed by atoms with van der Waals surface area (Å²) in [6.45, 7) is 3.02. The van der Waals surface area contributed by atoms with Gasteiger partial charge in [-0.3, -0.25) is 4.90 Å². The van der Waals surface area contributed by atoms with E-state index in [1.54, 1.807) is 7.11 Å². The highest BCUT2D eigenvalue weighted by atomic mass is 16.5. The number of likely N-dealkylation sites (tertiary alicyclic amines) is 1. The van der Waals surface area contributed by atoms with Crippen molar-refractivity contribution >= 4 is 0 Å². The van der Waals surface area contributed by atoms with Crippen LogP contribution in [0.1, 0.15) is 17.0 Å². The summed E-state index contributed by atoms with van der Waals surface area (Å²) in [6.07, 6.45) is 4.12. The van der Waals surface area contributed by atoms with Gasteiger partial charge in [-0.1, -0.05) is 30.3 Å². The van der Waals surface area contributed by atoms with E-state index in [2.05, 4.69) is 71.6 Å². The van der Waals surface area contributed by atoms with Gasteiger partial charge in [0.15, 0.2) is 0 Å². The molecule has 2 unspecified atom stereocenters. The molecule has 0 saturated carbocycles. The monoisotopic (exact) mass is 376 g/mol. The van der Waals surface area contributed by atoms with E-state index in [9.17, 15) is 0 Å². The maximum Gasteiger partial charge on any atom is 0.118 e. The lowest BCUT2D eigenvalue weighted by Crippen LogP contribution is -2.34.